The molecule has 6 heteroatoms. The van der Waals surface area contributed by atoms with Crippen LogP contribution in [0.15, 0.2) is 0 Å². The Kier molecular flexibility index (Phi) is 10.3. The molecule has 3 heterocycles. The molecule has 0 amide bonds. The van der Waals surface area contributed by atoms with Gasteiger partial charge in [0.05, 0.1) is 50.3 Å². The van der Waals surface area contributed by atoms with Crippen LogP contribution in [0.1, 0.15) is 55.4 Å². The zero-order valence-corrected chi connectivity index (χ0v) is 19.1. The van der Waals surface area contributed by atoms with E-state index in [9.17, 15) is 10.2 Å². The summed E-state index contributed by atoms with van der Waals surface area (Å²) in [6.07, 6.45) is -0.613. The molecule has 3 aliphatic rings. The molecule has 168 valence electrons. The Morgan fingerprint density at radius 1 is 0.714 bits per heavy atom. The summed E-state index contributed by atoms with van der Waals surface area (Å²) in [5.41, 5.74) is -0.338. The third-order valence-corrected chi connectivity index (χ3v) is 6.07. The average Bonchev–Trinajstić information content (AvgIpc) is 3.10. The van der Waals surface area contributed by atoms with Crippen molar-refractivity contribution in [1.82, 2.24) is 0 Å². The van der Waals surface area contributed by atoms with Crippen LogP contribution in [0.5, 0.6) is 0 Å². The summed E-state index contributed by atoms with van der Waals surface area (Å²) >= 11 is 0. The average molecular weight is 405 g/mol. The van der Waals surface area contributed by atoms with Gasteiger partial charge >= 0.3 is 0 Å². The van der Waals surface area contributed by atoms with Gasteiger partial charge in [-0.1, -0.05) is 41.5 Å². The molecule has 0 radical (unpaired) electrons. The first kappa shape index (κ1) is 25.8. The molecule has 0 aromatic heterocycles. The summed E-state index contributed by atoms with van der Waals surface area (Å²) in [4.78, 5) is 0. The Hall–Kier alpha value is -0.240. The molecule has 0 saturated carbocycles. The van der Waals surface area contributed by atoms with E-state index in [2.05, 4.69) is 27.7 Å². The van der Waals surface area contributed by atoms with Crippen molar-refractivity contribution in [3.8, 4) is 0 Å². The summed E-state index contributed by atoms with van der Waals surface area (Å²) < 4.78 is 15.6. The first-order valence-corrected chi connectivity index (χ1v) is 10.8. The van der Waals surface area contributed by atoms with E-state index in [1.54, 1.807) is 0 Å². The van der Waals surface area contributed by atoms with Crippen LogP contribution in [0, 0.1) is 29.6 Å². The van der Waals surface area contributed by atoms with Crippen molar-refractivity contribution in [2.75, 3.05) is 26.4 Å². The van der Waals surface area contributed by atoms with Gasteiger partial charge in [-0.05, 0) is 31.6 Å². The topological polar surface area (TPSA) is 88.4 Å². The molecular weight excluding hydrogens is 360 g/mol. The highest BCUT2D eigenvalue weighted by Gasteiger charge is 2.43. The molecule has 0 aromatic carbocycles. The Labute approximate surface area is 171 Å². The maximum atomic E-state index is 9.76. The van der Waals surface area contributed by atoms with Crippen molar-refractivity contribution in [3.63, 3.8) is 0 Å². The van der Waals surface area contributed by atoms with E-state index >= 15 is 0 Å². The van der Waals surface area contributed by atoms with Crippen LogP contribution in [0.4, 0.5) is 0 Å². The van der Waals surface area contributed by atoms with Crippen LogP contribution in [0.3, 0.4) is 0 Å². The molecule has 0 aromatic rings. The second-order valence-electron chi connectivity index (χ2n) is 9.89. The second kappa shape index (κ2) is 11.2. The number of ether oxygens (including phenoxy) is 3. The fourth-order valence-electron chi connectivity index (χ4n) is 3.69. The van der Waals surface area contributed by atoms with E-state index in [4.69, 9.17) is 19.3 Å². The van der Waals surface area contributed by atoms with Crippen molar-refractivity contribution in [3.05, 3.63) is 0 Å². The first-order valence-electron chi connectivity index (χ1n) is 10.8. The summed E-state index contributed by atoms with van der Waals surface area (Å²) in [6, 6.07) is 0. The zero-order chi connectivity index (χ0) is 21.6. The Morgan fingerprint density at radius 2 is 1.29 bits per heavy atom. The largest absolute Gasteiger partial charge is 0.390 e. The lowest BCUT2D eigenvalue weighted by molar-refractivity contribution is -0.179. The summed E-state index contributed by atoms with van der Waals surface area (Å²) in [5.74, 6) is 2.18. The molecule has 0 aliphatic carbocycles. The smallest absolute Gasteiger partial charge is 0.104 e. The van der Waals surface area contributed by atoms with E-state index in [0.717, 1.165) is 6.61 Å². The van der Waals surface area contributed by atoms with Gasteiger partial charge in [-0.2, -0.15) is 0 Å². The maximum absolute atomic E-state index is 9.76. The molecule has 28 heavy (non-hydrogen) atoms. The Bertz CT molecular complexity index is 432. The quantitative estimate of drug-likeness (QED) is 0.670. The SMILES string of the molecule is CC(C)C1COC(C)(C)C1O.CC(C)C1COCC1O.CC(C)C1OCC1O. The monoisotopic (exact) mass is 404 g/mol. The number of aliphatic hydroxyl groups is 3. The maximum Gasteiger partial charge on any atom is 0.104 e. The van der Waals surface area contributed by atoms with Crippen LogP contribution in [0.25, 0.3) is 0 Å². The van der Waals surface area contributed by atoms with E-state index in [1.807, 2.05) is 27.7 Å². The van der Waals surface area contributed by atoms with E-state index in [0.29, 0.717) is 49.4 Å². The van der Waals surface area contributed by atoms with Crippen LogP contribution < -0.4 is 0 Å². The molecule has 3 saturated heterocycles. The minimum atomic E-state index is -0.338. The fraction of sp³-hybridized carbons (Fsp3) is 1.00. The van der Waals surface area contributed by atoms with E-state index in [-0.39, 0.29) is 30.0 Å². The predicted molar refractivity (Wildman–Crippen MR) is 110 cm³/mol. The van der Waals surface area contributed by atoms with Gasteiger partial charge in [0.2, 0.25) is 0 Å². The number of aliphatic hydroxyl groups excluding tert-OH is 3. The van der Waals surface area contributed by atoms with Gasteiger partial charge in [-0.15, -0.1) is 0 Å². The van der Waals surface area contributed by atoms with Gasteiger partial charge in [0.1, 0.15) is 6.10 Å². The minimum Gasteiger partial charge on any atom is -0.390 e. The predicted octanol–water partition coefficient (Wildman–Crippen LogP) is 2.48. The lowest BCUT2D eigenvalue weighted by Crippen LogP contribution is -2.47. The highest BCUT2D eigenvalue weighted by atomic mass is 16.5. The summed E-state index contributed by atoms with van der Waals surface area (Å²) in [7, 11) is 0. The van der Waals surface area contributed by atoms with Crippen molar-refractivity contribution in [1.29, 1.82) is 0 Å². The van der Waals surface area contributed by atoms with Crippen LogP contribution in [-0.2, 0) is 14.2 Å². The molecule has 0 bridgehead atoms. The van der Waals surface area contributed by atoms with Crippen LogP contribution in [-0.4, -0.2) is 71.8 Å². The number of rotatable bonds is 3. The molecular formula is C22H44O6. The van der Waals surface area contributed by atoms with E-state index in [1.165, 1.54) is 0 Å². The van der Waals surface area contributed by atoms with Gasteiger partial charge in [0, 0.05) is 11.8 Å². The first-order chi connectivity index (χ1) is 12.9. The Morgan fingerprint density at radius 3 is 1.43 bits per heavy atom. The molecule has 3 rings (SSSR count). The van der Waals surface area contributed by atoms with E-state index < -0.39 is 0 Å². The van der Waals surface area contributed by atoms with Crippen LogP contribution in [0.2, 0.25) is 0 Å². The molecule has 0 spiro atoms. The van der Waals surface area contributed by atoms with Crippen molar-refractivity contribution in [2.45, 2.75) is 85.4 Å². The highest BCUT2D eigenvalue weighted by Crippen LogP contribution is 2.33. The summed E-state index contributed by atoms with van der Waals surface area (Å²) in [5, 5.41) is 27.9. The number of hydrogen-bond donors (Lipinski definition) is 3. The van der Waals surface area contributed by atoms with Gasteiger partial charge in [-0.25, -0.2) is 0 Å². The van der Waals surface area contributed by atoms with Gasteiger partial charge in [0.15, 0.2) is 0 Å². The molecule has 3 N–H and O–H groups in total. The fourth-order valence-corrected chi connectivity index (χ4v) is 3.69. The van der Waals surface area contributed by atoms with Crippen molar-refractivity contribution >= 4 is 0 Å². The second-order valence-corrected chi connectivity index (χ2v) is 9.89. The lowest BCUT2D eigenvalue weighted by Gasteiger charge is -2.35. The molecule has 6 nitrogen and oxygen atoms in total. The summed E-state index contributed by atoms with van der Waals surface area (Å²) in [6.45, 7) is 19.0. The van der Waals surface area contributed by atoms with Crippen molar-refractivity contribution < 1.29 is 29.5 Å². The molecule has 3 fully saturated rings. The number of hydrogen-bond acceptors (Lipinski definition) is 6. The van der Waals surface area contributed by atoms with Crippen molar-refractivity contribution in [2.24, 2.45) is 29.6 Å². The van der Waals surface area contributed by atoms with Gasteiger partial charge < -0.3 is 29.5 Å². The third kappa shape index (κ3) is 7.22. The lowest BCUT2D eigenvalue weighted by atomic mass is 9.86. The van der Waals surface area contributed by atoms with Crippen LogP contribution >= 0.6 is 0 Å². The normalized spacial score (nSPS) is 36.6. The Balaban J connectivity index is 0.000000213. The molecule has 6 unspecified atom stereocenters. The molecule has 3 aliphatic heterocycles. The third-order valence-electron chi connectivity index (χ3n) is 6.07. The highest BCUT2D eigenvalue weighted by molar-refractivity contribution is 4.91. The zero-order valence-electron chi connectivity index (χ0n) is 19.1. The van der Waals surface area contributed by atoms with Gasteiger partial charge in [0.25, 0.3) is 0 Å². The molecule has 6 atom stereocenters. The minimum absolute atomic E-state index is 0.106. The standard InChI is InChI=1S/C9H18O2.C7H14O2.C6H12O2/c1-6(2)7-5-11-9(3,4)8(7)10;1-5(2)6-3-9-4-7(6)8;1-4(2)6-5(7)3-8-6/h6-8,10H,5H2,1-4H3;5-8H,3-4H2,1-2H3;4-7H,3H2,1-2H3. The van der Waals surface area contributed by atoms with Gasteiger partial charge in [-0.3, -0.25) is 0 Å².